The summed E-state index contributed by atoms with van der Waals surface area (Å²) in [7, 11) is 0. The van der Waals surface area contributed by atoms with Gasteiger partial charge in [-0.25, -0.2) is 0 Å². The number of esters is 1. The zero-order chi connectivity index (χ0) is 22.5. The van der Waals surface area contributed by atoms with Crippen molar-refractivity contribution < 1.29 is 23.9 Å². The molecule has 1 saturated heterocycles. The molecule has 0 aliphatic carbocycles. The zero-order valence-electron chi connectivity index (χ0n) is 17.7. The van der Waals surface area contributed by atoms with E-state index in [1.54, 1.807) is 29.2 Å². The minimum atomic E-state index is -0.615. The van der Waals surface area contributed by atoms with E-state index in [-0.39, 0.29) is 24.8 Å². The normalized spacial score (nSPS) is 15.5. The summed E-state index contributed by atoms with van der Waals surface area (Å²) in [5, 5.41) is 5.25. The Hall–Kier alpha value is -3.68. The smallest absolute Gasteiger partial charge is 0.311 e. The van der Waals surface area contributed by atoms with Gasteiger partial charge in [0, 0.05) is 37.0 Å². The highest BCUT2D eigenvalue weighted by molar-refractivity contribution is 6.01. The molecule has 2 aromatic carbocycles. The summed E-state index contributed by atoms with van der Waals surface area (Å²) in [6.07, 6.45) is 0.0544. The van der Waals surface area contributed by atoms with Gasteiger partial charge in [0.1, 0.15) is 0 Å². The summed E-state index contributed by atoms with van der Waals surface area (Å²) < 4.78 is 5.14. The molecule has 0 bridgehead atoms. The minimum Gasteiger partial charge on any atom is -0.455 e. The number of hydrogen-bond acceptors (Lipinski definition) is 5. The van der Waals surface area contributed by atoms with Gasteiger partial charge in [-0.1, -0.05) is 18.2 Å². The van der Waals surface area contributed by atoms with Crippen LogP contribution in [0.15, 0.2) is 42.5 Å². The summed E-state index contributed by atoms with van der Waals surface area (Å²) in [5.74, 6) is -2.00. The first-order valence-corrected chi connectivity index (χ1v) is 9.95. The van der Waals surface area contributed by atoms with Crippen LogP contribution in [0.4, 0.5) is 17.1 Å². The number of carbonyl (C=O) groups is 4. The Labute approximate surface area is 180 Å². The molecule has 0 spiro atoms. The van der Waals surface area contributed by atoms with Crippen LogP contribution in [0.1, 0.15) is 24.5 Å². The molecule has 1 aliphatic heterocycles. The fourth-order valence-corrected chi connectivity index (χ4v) is 3.60. The molecule has 3 amide bonds. The van der Waals surface area contributed by atoms with Gasteiger partial charge in [-0.15, -0.1) is 0 Å². The maximum Gasteiger partial charge on any atom is 0.311 e. The van der Waals surface area contributed by atoms with Gasteiger partial charge in [-0.2, -0.15) is 0 Å². The van der Waals surface area contributed by atoms with Gasteiger partial charge in [-0.3, -0.25) is 19.2 Å². The Bertz CT molecular complexity index is 996. The number of aryl methyl sites for hydroxylation is 2. The van der Waals surface area contributed by atoms with Crippen molar-refractivity contribution in [3.63, 3.8) is 0 Å². The molecule has 2 N–H and O–H groups in total. The molecule has 31 heavy (non-hydrogen) atoms. The van der Waals surface area contributed by atoms with Crippen LogP contribution in [0.3, 0.4) is 0 Å². The molecule has 0 unspecified atom stereocenters. The van der Waals surface area contributed by atoms with E-state index in [1.165, 1.54) is 6.92 Å². The highest BCUT2D eigenvalue weighted by Gasteiger charge is 2.37. The third-order valence-corrected chi connectivity index (χ3v) is 5.00. The third kappa shape index (κ3) is 5.48. The van der Waals surface area contributed by atoms with Crippen LogP contribution >= 0.6 is 0 Å². The molecule has 0 saturated carbocycles. The average Bonchev–Trinajstić information content (AvgIpc) is 3.08. The van der Waals surface area contributed by atoms with Crippen molar-refractivity contribution in [2.24, 2.45) is 5.92 Å². The van der Waals surface area contributed by atoms with E-state index >= 15 is 0 Å². The lowest BCUT2D eigenvalue weighted by Crippen LogP contribution is -2.29. The van der Waals surface area contributed by atoms with Crippen molar-refractivity contribution in [2.45, 2.75) is 27.2 Å². The summed E-state index contributed by atoms with van der Waals surface area (Å²) in [6.45, 7) is 5.04. The molecule has 0 radical (unpaired) electrons. The second-order valence-corrected chi connectivity index (χ2v) is 7.56. The largest absolute Gasteiger partial charge is 0.455 e. The van der Waals surface area contributed by atoms with Crippen LogP contribution in [0.2, 0.25) is 0 Å². The molecule has 3 rings (SSSR count). The van der Waals surface area contributed by atoms with E-state index in [0.717, 1.165) is 16.8 Å². The molecule has 0 aromatic heterocycles. The number of anilines is 3. The summed E-state index contributed by atoms with van der Waals surface area (Å²) >= 11 is 0. The fourth-order valence-electron chi connectivity index (χ4n) is 3.60. The number of ether oxygens (including phenoxy) is 1. The lowest BCUT2D eigenvalue weighted by Gasteiger charge is -2.21. The molecule has 2 aromatic rings. The van der Waals surface area contributed by atoms with Crippen molar-refractivity contribution in [1.82, 2.24) is 0 Å². The Morgan fingerprint density at radius 3 is 2.16 bits per heavy atom. The number of amides is 3. The first-order chi connectivity index (χ1) is 14.7. The molecule has 1 atom stereocenters. The maximum atomic E-state index is 12.5. The number of para-hydroxylation sites is 1. The van der Waals surface area contributed by atoms with Gasteiger partial charge in [0.2, 0.25) is 11.8 Å². The minimum absolute atomic E-state index is 0.0544. The molecular weight excluding hydrogens is 398 g/mol. The van der Waals surface area contributed by atoms with E-state index in [0.29, 0.717) is 11.4 Å². The van der Waals surface area contributed by atoms with Crippen LogP contribution in [0.25, 0.3) is 0 Å². The number of hydrogen-bond donors (Lipinski definition) is 2. The second-order valence-electron chi connectivity index (χ2n) is 7.56. The highest BCUT2D eigenvalue weighted by atomic mass is 16.5. The predicted molar refractivity (Wildman–Crippen MR) is 117 cm³/mol. The SMILES string of the molecule is CC(=O)Nc1ccc(NC(=O)COC(=O)[C@@H]2CC(=O)N(c3c(C)cccc3C)C2)cc1. The topological polar surface area (TPSA) is 105 Å². The Morgan fingerprint density at radius 2 is 1.58 bits per heavy atom. The van der Waals surface area contributed by atoms with Crippen molar-refractivity contribution in [3.05, 3.63) is 53.6 Å². The summed E-state index contributed by atoms with van der Waals surface area (Å²) in [6, 6.07) is 12.3. The number of nitrogens with zero attached hydrogens (tertiary/aromatic N) is 1. The Kier molecular flexibility index (Phi) is 6.69. The molecule has 162 valence electrons. The van der Waals surface area contributed by atoms with Crippen LogP contribution < -0.4 is 15.5 Å². The number of carbonyl (C=O) groups excluding carboxylic acids is 4. The Balaban J connectivity index is 1.52. The molecule has 1 heterocycles. The second kappa shape index (κ2) is 9.42. The fraction of sp³-hybridized carbons (Fsp3) is 0.304. The van der Waals surface area contributed by atoms with Crippen molar-refractivity contribution in [1.29, 1.82) is 0 Å². The monoisotopic (exact) mass is 423 g/mol. The van der Waals surface area contributed by atoms with Gasteiger partial charge in [0.25, 0.3) is 5.91 Å². The van der Waals surface area contributed by atoms with Crippen molar-refractivity contribution >= 4 is 40.8 Å². The van der Waals surface area contributed by atoms with Gasteiger partial charge >= 0.3 is 5.97 Å². The van der Waals surface area contributed by atoms with Crippen molar-refractivity contribution in [3.8, 4) is 0 Å². The number of rotatable bonds is 6. The van der Waals surface area contributed by atoms with E-state index in [2.05, 4.69) is 10.6 Å². The Morgan fingerprint density at radius 1 is 1.00 bits per heavy atom. The molecule has 8 heteroatoms. The molecule has 1 fully saturated rings. The van der Waals surface area contributed by atoms with Crippen molar-refractivity contribution in [2.75, 3.05) is 28.7 Å². The van der Waals surface area contributed by atoms with E-state index < -0.39 is 24.4 Å². The van der Waals surface area contributed by atoms with Gasteiger partial charge in [0.15, 0.2) is 6.61 Å². The van der Waals surface area contributed by atoms with Crippen LogP contribution in [0, 0.1) is 19.8 Å². The molecule has 1 aliphatic rings. The molecular formula is C23H25N3O5. The number of nitrogens with one attached hydrogen (secondary N) is 2. The van der Waals surface area contributed by atoms with E-state index in [4.69, 9.17) is 4.74 Å². The van der Waals surface area contributed by atoms with E-state index in [1.807, 2.05) is 32.0 Å². The van der Waals surface area contributed by atoms with Crippen LogP contribution in [-0.2, 0) is 23.9 Å². The summed E-state index contributed by atoms with van der Waals surface area (Å²) in [4.78, 5) is 49.7. The first-order valence-electron chi connectivity index (χ1n) is 9.95. The van der Waals surface area contributed by atoms with Crippen LogP contribution in [-0.4, -0.2) is 36.8 Å². The first kappa shape index (κ1) is 22.0. The van der Waals surface area contributed by atoms with Crippen LogP contribution in [0.5, 0.6) is 0 Å². The standard InChI is InChI=1S/C23H25N3O5/c1-14-5-4-6-15(2)22(14)26-12-17(11-21(26)29)23(30)31-13-20(28)25-19-9-7-18(8-10-19)24-16(3)27/h4-10,17H,11-13H2,1-3H3,(H,24,27)(H,25,28)/t17-/m1/s1. The quantitative estimate of drug-likeness (QED) is 0.695. The number of benzene rings is 2. The van der Waals surface area contributed by atoms with E-state index in [9.17, 15) is 19.2 Å². The highest BCUT2D eigenvalue weighted by Crippen LogP contribution is 2.31. The zero-order valence-corrected chi connectivity index (χ0v) is 17.7. The predicted octanol–water partition coefficient (Wildman–Crippen LogP) is 2.80. The maximum absolute atomic E-state index is 12.5. The lowest BCUT2D eigenvalue weighted by atomic mass is 10.1. The third-order valence-electron chi connectivity index (χ3n) is 5.00. The summed E-state index contributed by atoms with van der Waals surface area (Å²) in [5.41, 5.74) is 3.87. The van der Waals surface area contributed by atoms with Gasteiger partial charge in [0.05, 0.1) is 5.92 Å². The molecule has 8 nitrogen and oxygen atoms in total. The van der Waals surface area contributed by atoms with Gasteiger partial charge < -0.3 is 20.3 Å². The lowest BCUT2D eigenvalue weighted by molar-refractivity contribution is -0.151. The average molecular weight is 423 g/mol. The van der Waals surface area contributed by atoms with Gasteiger partial charge in [-0.05, 0) is 49.2 Å².